The number of rotatable bonds is 8. The number of carbonyl (C=O) groups is 1. The zero-order chi connectivity index (χ0) is 24.0. The number of thiazole rings is 1. The number of aromatic nitrogens is 1. The van der Waals surface area contributed by atoms with Crippen LogP contribution < -0.4 is 9.64 Å². The summed E-state index contributed by atoms with van der Waals surface area (Å²) in [6.45, 7) is 4.59. The second kappa shape index (κ2) is 10.9. The minimum atomic E-state index is -0.381. The Balaban J connectivity index is 1.35. The van der Waals surface area contributed by atoms with Gasteiger partial charge in [-0.3, -0.25) is 14.6 Å². The average Bonchev–Trinajstić information content (AvgIpc) is 3.33. The first-order valence-corrected chi connectivity index (χ1v) is 12.5. The number of ether oxygens (including phenoxy) is 2. The van der Waals surface area contributed by atoms with Crippen LogP contribution in [0, 0.1) is 5.82 Å². The Morgan fingerprint density at radius 1 is 1.00 bits per heavy atom. The Morgan fingerprint density at radius 3 is 2.49 bits per heavy atom. The number of hydrogen-bond donors (Lipinski definition) is 0. The Morgan fingerprint density at radius 2 is 1.74 bits per heavy atom. The van der Waals surface area contributed by atoms with E-state index in [1.54, 1.807) is 35.2 Å². The summed E-state index contributed by atoms with van der Waals surface area (Å²) in [5, 5.41) is 0.502. The molecular formula is C27H26FN3O3S. The zero-order valence-electron chi connectivity index (χ0n) is 19.2. The minimum absolute atomic E-state index is 0.169. The summed E-state index contributed by atoms with van der Waals surface area (Å²) in [6, 6.07) is 21.4. The second-order valence-corrected chi connectivity index (χ2v) is 9.30. The summed E-state index contributed by atoms with van der Waals surface area (Å²) in [5.41, 5.74) is 0.821. The van der Waals surface area contributed by atoms with Crippen molar-refractivity contribution in [3.63, 3.8) is 0 Å². The first-order valence-electron chi connectivity index (χ1n) is 11.7. The van der Waals surface area contributed by atoms with Gasteiger partial charge in [0.25, 0.3) is 5.91 Å². The van der Waals surface area contributed by atoms with Crippen molar-refractivity contribution in [3.05, 3.63) is 84.2 Å². The first kappa shape index (κ1) is 23.4. The maximum Gasteiger partial charge on any atom is 0.260 e. The monoisotopic (exact) mass is 491 g/mol. The van der Waals surface area contributed by atoms with Crippen LogP contribution in [0.15, 0.2) is 72.8 Å². The predicted molar refractivity (Wildman–Crippen MR) is 136 cm³/mol. The molecule has 180 valence electrons. The quantitative estimate of drug-likeness (QED) is 0.321. The first-order chi connectivity index (χ1) is 17.2. The Bertz CT molecular complexity index is 1270. The fourth-order valence-electron chi connectivity index (χ4n) is 4.03. The average molecular weight is 492 g/mol. The lowest BCUT2D eigenvalue weighted by Crippen LogP contribution is -2.39. The fraction of sp³-hybridized carbons (Fsp3) is 0.259. The normalized spacial score (nSPS) is 14.2. The molecule has 1 saturated heterocycles. The third kappa shape index (κ3) is 5.67. The van der Waals surface area contributed by atoms with E-state index in [1.165, 1.54) is 17.4 Å². The molecule has 8 heteroatoms. The molecule has 35 heavy (non-hydrogen) atoms. The highest BCUT2D eigenvalue weighted by Crippen LogP contribution is 2.31. The number of benzene rings is 3. The predicted octanol–water partition coefficient (Wildman–Crippen LogP) is 5.60. The highest BCUT2D eigenvalue weighted by Gasteiger charge is 2.23. The molecule has 0 bridgehead atoms. The molecule has 0 radical (unpaired) electrons. The van der Waals surface area contributed by atoms with E-state index < -0.39 is 0 Å². The molecule has 1 aliphatic rings. The summed E-state index contributed by atoms with van der Waals surface area (Å²) in [5.74, 6) is 0.826. The second-order valence-electron chi connectivity index (χ2n) is 8.29. The van der Waals surface area contributed by atoms with Gasteiger partial charge >= 0.3 is 0 Å². The molecule has 1 amide bonds. The topological polar surface area (TPSA) is 54.9 Å². The van der Waals surface area contributed by atoms with Crippen molar-refractivity contribution in [2.24, 2.45) is 0 Å². The number of halogens is 1. The summed E-state index contributed by atoms with van der Waals surface area (Å²) in [6.07, 6.45) is 0.777. The van der Waals surface area contributed by atoms with Gasteiger partial charge in [-0.2, -0.15) is 0 Å². The standard InChI is InChI=1S/C27H26FN3O3S/c28-23-8-4-9-24-25(23)29-27(35-24)31(15-5-14-30-16-18-33-19-17-30)26(32)20-10-12-22(13-11-20)34-21-6-2-1-3-7-21/h1-4,6-13H,5,14-19H2. The highest BCUT2D eigenvalue weighted by molar-refractivity contribution is 7.22. The third-order valence-electron chi connectivity index (χ3n) is 5.87. The van der Waals surface area contributed by atoms with E-state index in [0.717, 1.165) is 49.7 Å². The molecule has 0 aliphatic carbocycles. The van der Waals surface area contributed by atoms with Gasteiger partial charge in [0.05, 0.1) is 17.9 Å². The van der Waals surface area contributed by atoms with Crippen molar-refractivity contribution >= 4 is 32.6 Å². The third-order valence-corrected chi connectivity index (χ3v) is 6.92. The van der Waals surface area contributed by atoms with Gasteiger partial charge in [0.2, 0.25) is 0 Å². The lowest BCUT2D eigenvalue weighted by atomic mass is 10.2. The van der Waals surface area contributed by atoms with Crippen LogP contribution in [0.1, 0.15) is 16.8 Å². The van der Waals surface area contributed by atoms with Crippen molar-refractivity contribution in [1.82, 2.24) is 9.88 Å². The van der Waals surface area contributed by atoms with Crippen molar-refractivity contribution in [2.75, 3.05) is 44.3 Å². The lowest BCUT2D eigenvalue weighted by molar-refractivity contribution is 0.0376. The molecule has 0 unspecified atom stereocenters. The SMILES string of the molecule is O=C(c1ccc(Oc2ccccc2)cc1)N(CCCN1CCOCC1)c1nc2c(F)cccc2s1. The van der Waals surface area contributed by atoms with Crippen LogP contribution in [0.2, 0.25) is 0 Å². The van der Waals surface area contributed by atoms with Gasteiger partial charge in [0.15, 0.2) is 5.13 Å². The maximum absolute atomic E-state index is 14.3. The molecular weight excluding hydrogens is 465 g/mol. The van der Waals surface area contributed by atoms with Crippen LogP contribution in [0.5, 0.6) is 11.5 Å². The van der Waals surface area contributed by atoms with Gasteiger partial charge in [-0.25, -0.2) is 9.37 Å². The number of fused-ring (bicyclic) bond motifs is 1. The number of hydrogen-bond acceptors (Lipinski definition) is 6. The van der Waals surface area contributed by atoms with Crippen LogP contribution in [-0.4, -0.2) is 55.2 Å². The van der Waals surface area contributed by atoms with Crippen LogP contribution in [-0.2, 0) is 4.74 Å². The van der Waals surface area contributed by atoms with E-state index in [9.17, 15) is 9.18 Å². The number of nitrogens with zero attached hydrogens (tertiary/aromatic N) is 3. The Hall–Kier alpha value is -3.33. The molecule has 2 heterocycles. The van der Waals surface area contributed by atoms with Crippen molar-refractivity contribution in [3.8, 4) is 11.5 Å². The molecule has 1 fully saturated rings. The molecule has 1 aliphatic heterocycles. The Labute approximate surface area is 207 Å². The number of morpholine rings is 1. The van der Waals surface area contributed by atoms with Crippen LogP contribution in [0.4, 0.5) is 9.52 Å². The molecule has 0 spiro atoms. The van der Waals surface area contributed by atoms with E-state index in [0.29, 0.717) is 28.5 Å². The van der Waals surface area contributed by atoms with Gasteiger partial charge in [-0.05, 0) is 55.0 Å². The van der Waals surface area contributed by atoms with Crippen molar-refractivity contribution in [2.45, 2.75) is 6.42 Å². The lowest BCUT2D eigenvalue weighted by Gasteiger charge is -2.27. The van der Waals surface area contributed by atoms with Gasteiger partial charge < -0.3 is 9.47 Å². The van der Waals surface area contributed by atoms with Gasteiger partial charge in [0, 0.05) is 31.7 Å². The van der Waals surface area contributed by atoms with E-state index in [1.807, 2.05) is 36.4 Å². The summed E-state index contributed by atoms with van der Waals surface area (Å²) in [4.78, 5) is 22.1. The van der Waals surface area contributed by atoms with Crippen LogP contribution in [0.25, 0.3) is 10.2 Å². The van der Waals surface area contributed by atoms with Gasteiger partial charge in [-0.1, -0.05) is 35.6 Å². The number of anilines is 1. The van der Waals surface area contributed by atoms with Crippen molar-refractivity contribution in [1.29, 1.82) is 0 Å². The van der Waals surface area contributed by atoms with E-state index >= 15 is 0 Å². The fourth-order valence-corrected chi connectivity index (χ4v) is 5.03. The number of amides is 1. The maximum atomic E-state index is 14.3. The van der Waals surface area contributed by atoms with Gasteiger partial charge in [-0.15, -0.1) is 0 Å². The molecule has 0 N–H and O–H groups in total. The Kier molecular flexibility index (Phi) is 7.32. The summed E-state index contributed by atoms with van der Waals surface area (Å²) < 4.78 is 26.3. The highest BCUT2D eigenvalue weighted by atomic mass is 32.1. The molecule has 5 rings (SSSR count). The molecule has 0 atom stereocenters. The smallest absolute Gasteiger partial charge is 0.260 e. The minimum Gasteiger partial charge on any atom is -0.457 e. The molecule has 0 saturated carbocycles. The largest absolute Gasteiger partial charge is 0.457 e. The van der Waals surface area contributed by atoms with Crippen LogP contribution in [0.3, 0.4) is 0 Å². The van der Waals surface area contributed by atoms with Crippen LogP contribution >= 0.6 is 11.3 Å². The van der Waals surface area contributed by atoms with Gasteiger partial charge in [0.1, 0.15) is 22.8 Å². The number of carbonyl (C=O) groups excluding carboxylic acids is 1. The summed E-state index contributed by atoms with van der Waals surface area (Å²) in [7, 11) is 0. The van der Waals surface area contributed by atoms with Crippen molar-refractivity contribution < 1.29 is 18.7 Å². The molecule has 6 nitrogen and oxygen atoms in total. The summed E-state index contributed by atoms with van der Waals surface area (Å²) >= 11 is 1.33. The molecule has 1 aromatic heterocycles. The zero-order valence-corrected chi connectivity index (χ0v) is 20.0. The van der Waals surface area contributed by atoms with E-state index in [2.05, 4.69) is 9.88 Å². The van der Waals surface area contributed by atoms with E-state index in [-0.39, 0.29) is 11.7 Å². The molecule has 3 aromatic carbocycles. The van der Waals surface area contributed by atoms with E-state index in [4.69, 9.17) is 9.47 Å². The molecule has 4 aromatic rings. The number of para-hydroxylation sites is 2.